The van der Waals surface area contributed by atoms with E-state index in [-0.39, 0.29) is 23.5 Å². The average molecular weight is 446 g/mol. The molecular formula is C22H45N2O5Si+. The predicted molar refractivity (Wildman–Crippen MR) is 122 cm³/mol. The maximum absolute atomic E-state index is 6.78. The molecule has 1 saturated heterocycles. The second kappa shape index (κ2) is 13.1. The van der Waals surface area contributed by atoms with Crippen LogP contribution >= 0.6 is 0 Å². The van der Waals surface area contributed by atoms with Crippen molar-refractivity contribution in [3.05, 3.63) is 0 Å². The van der Waals surface area contributed by atoms with Crippen LogP contribution in [0.2, 0.25) is 18.1 Å². The van der Waals surface area contributed by atoms with Gasteiger partial charge in [0.1, 0.15) is 6.54 Å². The van der Waals surface area contributed by atoms with Crippen molar-refractivity contribution in [2.24, 2.45) is 17.0 Å². The van der Waals surface area contributed by atoms with Crippen molar-refractivity contribution in [1.82, 2.24) is 0 Å². The fraction of sp³-hybridized carbons (Fsp3) is 0.955. The van der Waals surface area contributed by atoms with Gasteiger partial charge >= 0.3 is 0 Å². The van der Waals surface area contributed by atoms with Crippen LogP contribution in [0.1, 0.15) is 48.0 Å². The third-order valence-electron chi connectivity index (χ3n) is 6.47. The minimum Gasteiger partial charge on any atom is -0.408 e. The maximum Gasteiger partial charge on any atom is 0.295 e. The SMILES string of the molecule is C=[N+]=NCCOCCOCCOC1OC(CC)C(C)C(C)C1O[Si](C)(C)C(C)(C)C. The molecule has 0 N–H and O–H groups in total. The highest BCUT2D eigenvalue weighted by molar-refractivity contribution is 6.74. The summed E-state index contributed by atoms with van der Waals surface area (Å²) in [5.74, 6) is 0.800. The van der Waals surface area contributed by atoms with E-state index in [1.807, 2.05) is 0 Å². The van der Waals surface area contributed by atoms with Crippen molar-refractivity contribution >= 4 is 15.0 Å². The highest BCUT2D eigenvalue weighted by Crippen LogP contribution is 2.42. The number of hydrogen-bond acceptors (Lipinski definition) is 6. The second-order valence-corrected chi connectivity index (χ2v) is 14.4. The standard InChI is InChI=1S/C22H45N2O5Si/c1-10-19-17(2)18(3)20(29-30(8,9)22(4,5)6)21(28-19)27-16-15-26-14-13-25-12-11-24-23-7/h17-21H,7,10-16H2,1-6,8-9H3/q+1. The first-order chi connectivity index (χ1) is 14.0. The summed E-state index contributed by atoms with van der Waals surface area (Å²) in [6, 6.07) is 0. The first-order valence-electron chi connectivity index (χ1n) is 11.3. The molecule has 0 bridgehead atoms. The highest BCUT2D eigenvalue weighted by Gasteiger charge is 2.47. The summed E-state index contributed by atoms with van der Waals surface area (Å²) in [6.07, 6.45) is 0.742. The highest BCUT2D eigenvalue weighted by atomic mass is 28.4. The van der Waals surface area contributed by atoms with Crippen LogP contribution in [-0.4, -0.2) is 77.9 Å². The Balaban J connectivity index is 2.54. The molecule has 0 aromatic carbocycles. The van der Waals surface area contributed by atoms with Gasteiger partial charge in [-0.1, -0.05) is 41.5 Å². The van der Waals surface area contributed by atoms with Crippen molar-refractivity contribution in [3.63, 3.8) is 0 Å². The quantitative estimate of drug-likeness (QED) is 0.140. The van der Waals surface area contributed by atoms with E-state index in [9.17, 15) is 0 Å². The lowest BCUT2D eigenvalue weighted by Crippen LogP contribution is -2.56. The first-order valence-corrected chi connectivity index (χ1v) is 14.2. The Labute approximate surface area is 184 Å². The largest absolute Gasteiger partial charge is 0.408 e. The Morgan fingerprint density at radius 3 is 2.17 bits per heavy atom. The maximum atomic E-state index is 6.78. The molecule has 30 heavy (non-hydrogen) atoms. The molecule has 0 aromatic heterocycles. The molecule has 1 rings (SSSR count). The predicted octanol–water partition coefficient (Wildman–Crippen LogP) is 4.19. The Bertz CT molecular complexity index is 534. The van der Waals surface area contributed by atoms with Gasteiger partial charge in [-0.3, -0.25) is 0 Å². The molecule has 5 unspecified atom stereocenters. The zero-order valence-electron chi connectivity index (χ0n) is 20.5. The van der Waals surface area contributed by atoms with Gasteiger partial charge in [0.25, 0.3) is 6.72 Å². The number of rotatable bonds is 13. The molecule has 0 amide bonds. The zero-order valence-corrected chi connectivity index (χ0v) is 21.5. The molecule has 1 fully saturated rings. The number of nitrogens with zero attached hydrogens (tertiary/aromatic N) is 2. The number of ether oxygens (including phenoxy) is 4. The molecule has 7 nitrogen and oxygen atoms in total. The normalized spacial score (nSPS) is 27.7. The van der Waals surface area contributed by atoms with E-state index in [4.69, 9.17) is 23.4 Å². The van der Waals surface area contributed by atoms with E-state index < -0.39 is 8.32 Å². The van der Waals surface area contributed by atoms with E-state index in [1.165, 1.54) is 0 Å². The summed E-state index contributed by atoms with van der Waals surface area (Å²) >= 11 is 0. The van der Waals surface area contributed by atoms with Crippen LogP contribution in [0.25, 0.3) is 0 Å². The summed E-state index contributed by atoms with van der Waals surface area (Å²) in [5.41, 5.74) is 0. The molecule has 0 aliphatic carbocycles. The van der Waals surface area contributed by atoms with Crippen molar-refractivity contribution in [3.8, 4) is 0 Å². The molecule has 0 radical (unpaired) electrons. The van der Waals surface area contributed by atoms with Gasteiger partial charge in [-0.15, -0.1) is 0 Å². The first kappa shape index (κ1) is 27.4. The molecule has 0 saturated carbocycles. The lowest BCUT2D eigenvalue weighted by molar-refractivity contribution is -0.268. The Kier molecular flexibility index (Phi) is 11.9. The molecule has 5 atom stereocenters. The van der Waals surface area contributed by atoms with Crippen molar-refractivity contribution in [2.45, 2.75) is 84.6 Å². The molecule has 1 heterocycles. The van der Waals surface area contributed by atoms with E-state index in [2.05, 4.69) is 71.3 Å². The molecule has 176 valence electrons. The van der Waals surface area contributed by atoms with Crippen LogP contribution in [0, 0.1) is 11.8 Å². The Hall–Kier alpha value is -0.603. The lowest BCUT2D eigenvalue weighted by Gasteiger charge is -2.49. The average Bonchev–Trinajstić information content (AvgIpc) is 2.67. The van der Waals surface area contributed by atoms with Gasteiger partial charge in [0, 0.05) is 4.79 Å². The van der Waals surface area contributed by atoms with Gasteiger partial charge < -0.3 is 23.4 Å². The number of hydrogen-bond donors (Lipinski definition) is 0. The smallest absolute Gasteiger partial charge is 0.295 e. The lowest BCUT2D eigenvalue weighted by atomic mass is 9.82. The third kappa shape index (κ3) is 8.50. The Morgan fingerprint density at radius 2 is 1.60 bits per heavy atom. The van der Waals surface area contributed by atoms with Crippen LogP contribution in [0.3, 0.4) is 0 Å². The molecule has 1 aliphatic heterocycles. The molecule has 0 aromatic rings. The van der Waals surface area contributed by atoms with Crippen molar-refractivity contribution in [1.29, 1.82) is 0 Å². The van der Waals surface area contributed by atoms with Gasteiger partial charge in [-0.05, 0) is 36.4 Å². The van der Waals surface area contributed by atoms with Crippen LogP contribution < -0.4 is 0 Å². The second-order valence-electron chi connectivity index (χ2n) is 9.61. The molecule has 0 spiro atoms. The summed E-state index contributed by atoms with van der Waals surface area (Å²) < 4.78 is 30.3. The van der Waals surface area contributed by atoms with Crippen LogP contribution in [0.4, 0.5) is 0 Å². The molecule has 1 aliphatic rings. The van der Waals surface area contributed by atoms with E-state index >= 15 is 0 Å². The minimum atomic E-state index is -1.94. The van der Waals surface area contributed by atoms with Gasteiger partial charge in [0.05, 0.1) is 50.4 Å². The van der Waals surface area contributed by atoms with Gasteiger partial charge in [0.15, 0.2) is 14.6 Å². The van der Waals surface area contributed by atoms with Crippen LogP contribution in [0.5, 0.6) is 0 Å². The van der Waals surface area contributed by atoms with Gasteiger partial charge in [0.2, 0.25) is 0 Å². The van der Waals surface area contributed by atoms with Crippen LogP contribution in [0.15, 0.2) is 5.11 Å². The third-order valence-corrected chi connectivity index (χ3v) is 10.9. The minimum absolute atomic E-state index is 0.0609. The zero-order chi connectivity index (χ0) is 22.8. The molecule has 8 heteroatoms. The van der Waals surface area contributed by atoms with Crippen molar-refractivity contribution < 1.29 is 28.2 Å². The fourth-order valence-corrected chi connectivity index (χ4v) is 4.62. The van der Waals surface area contributed by atoms with E-state index in [0.29, 0.717) is 51.4 Å². The fourth-order valence-electron chi connectivity index (χ4n) is 3.26. The van der Waals surface area contributed by atoms with Gasteiger partial charge in [-0.25, -0.2) is 0 Å². The van der Waals surface area contributed by atoms with Crippen molar-refractivity contribution in [2.75, 3.05) is 39.6 Å². The Morgan fingerprint density at radius 1 is 1.00 bits per heavy atom. The van der Waals surface area contributed by atoms with E-state index in [1.54, 1.807) is 0 Å². The topological polar surface area (TPSA) is 72.6 Å². The summed E-state index contributed by atoms with van der Waals surface area (Å²) in [4.78, 5) is 3.43. The summed E-state index contributed by atoms with van der Waals surface area (Å²) in [6.45, 7) is 24.4. The van der Waals surface area contributed by atoms with Gasteiger partial charge in [-0.2, -0.15) is 0 Å². The summed E-state index contributed by atoms with van der Waals surface area (Å²) in [7, 11) is -1.94. The van der Waals surface area contributed by atoms with Crippen LogP contribution in [-0.2, 0) is 23.4 Å². The van der Waals surface area contributed by atoms with E-state index in [0.717, 1.165) is 6.42 Å². The molecular weight excluding hydrogens is 400 g/mol. The summed E-state index contributed by atoms with van der Waals surface area (Å²) in [5, 5.41) is 3.89. The monoisotopic (exact) mass is 445 g/mol.